The van der Waals surface area contributed by atoms with Crippen LogP contribution in [0.4, 0.5) is 11.4 Å². The molecule has 21 heavy (non-hydrogen) atoms. The third-order valence-corrected chi connectivity index (χ3v) is 2.83. The first-order chi connectivity index (χ1) is 10.2. The molecule has 2 aromatic rings. The summed E-state index contributed by atoms with van der Waals surface area (Å²) in [6.45, 7) is 4.03. The van der Waals surface area contributed by atoms with Crippen LogP contribution in [0, 0.1) is 0 Å². The summed E-state index contributed by atoms with van der Waals surface area (Å²) in [6, 6.07) is 14.5. The number of hydrogen-bond donors (Lipinski definition) is 2. The smallest absolute Gasteiger partial charge is 0.228 e. The Morgan fingerprint density at radius 1 is 1.24 bits per heavy atom. The summed E-state index contributed by atoms with van der Waals surface area (Å²) in [6.07, 6.45) is 1.98. The quantitative estimate of drug-likeness (QED) is 0.632. The van der Waals surface area contributed by atoms with Gasteiger partial charge in [-0.3, -0.25) is 4.79 Å². The van der Waals surface area contributed by atoms with Gasteiger partial charge in [-0.05, 0) is 29.8 Å². The van der Waals surface area contributed by atoms with Gasteiger partial charge in [0.1, 0.15) is 12.4 Å². The minimum absolute atomic E-state index is 0.0827. The maximum atomic E-state index is 12.0. The average Bonchev–Trinajstić information content (AvgIpc) is 2.48. The zero-order chi connectivity index (χ0) is 15.1. The minimum Gasteiger partial charge on any atom is -0.489 e. The zero-order valence-corrected chi connectivity index (χ0v) is 11.7. The van der Waals surface area contributed by atoms with Crippen molar-refractivity contribution in [2.45, 2.75) is 6.42 Å². The van der Waals surface area contributed by atoms with Crippen molar-refractivity contribution < 1.29 is 9.53 Å². The fourth-order valence-corrected chi connectivity index (χ4v) is 1.84. The summed E-state index contributed by atoms with van der Waals surface area (Å²) in [7, 11) is 0. The van der Waals surface area contributed by atoms with E-state index < -0.39 is 0 Å². The topological polar surface area (TPSA) is 64.3 Å². The first kappa shape index (κ1) is 14.7. The Labute approximate surface area is 124 Å². The molecule has 4 nitrogen and oxygen atoms in total. The van der Waals surface area contributed by atoms with E-state index in [0.29, 0.717) is 30.2 Å². The largest absolute Gasteiger partial charge is 0.489 e. The van der Waals surface area contributed by atoms with Gasteiger partial charge >= 0.3 is 0 Å². The molecule has 0 fully saturated rings. The van der Waals surface area contributed by atoms with Crippen molar-refractivity contribution in [2.24, 2.45) is 0 Å². The van der Waals surface area contributed by atoms with Gasteiger partial charge < -0.3 is 15.8 Å². The van der Waals surface area contributed by atoms with Crippen molar-refractivity contribution in [3.8, 4) is 5.75 Å². The fourth-order valence-electron chi connectivity index (χ4n) is 1.84. The third kappa shape index (κ3) is 4.69. The van der Waals surface area contributed by atoms with Gasteiger partial charge in [0.05, 0.1) is 6.42 Å². The molecule has 2 rings (SSSR count). The number of benzene rings is 2. The van der Waals surface area contributed by atoms with Crippen LogP contribution in [-0.4, -0.2) is 12.5 Å². The van der Waals surface area contributed by atoms with Crippen LogP contribution in [0.3, 0.4) is 0 Å². The highest BCUT2D eigenvalue weighted by molar-refractivity contribution is 5.92. The van der Waals surface area contributed by atoms with Crippen molar-refractivity contribution >= 4 is 17.3 Å². The van der Waals surface area contributed by atoms with E-state index >= 15 is 0 Å². The van der Waals surface area contributed by atoms with Crippen LogP contribution < -0.4 is 15.8 Å². The lowest BCUT2D eigenvalue weighted by Crippen LogP contribution is -2.14. The summed E-state index contributed by atoms with van der Waals surface area (Å²) in [5.74, 6) is 0.612. The first-order valence-corrected chi connectivity index (χ1v) is 6.65. The lowest BCUT2D eigenvalue weighted by atomic mass is 10.1. The summed E-state index contributed by atoms with van der Waals surface area (Å²) in [5.41, 5.74) is 7.93. The minimum atomic E-state index is -0.0827. The highest BCUT2D eigenvalue weighted by Gasteiger charge is 2.05. The summed E-state index contributed by atoms with van der Waals surface area (Å²) >= 11 is 0. The lowest BCUT2D eigenvalue weighted by Gasteiger charge is -2.08. The van der Waals surface area contributed by atoms with Crippen LogP contribution in [0.25, 0.3) is 0 Å². The number of carbonyl (C=O) groups is 1. The molecule has 0 aromatic heterocycles. The Hall–Kier alpha value is -2.75. The number of rotatable bonds is 6. The second-order valence-electron chi connectivity index (χ2n) is 4.59. The molecule has 0 saturated heterocycles. The van der Waals surface area contributed by atoms with E-state index in [1.807, 2.05) is 30.3 Å². The predicted molar refractivity (Wildman–Crippen MR) is 85.3 cm³/mol. The number of anilines is 2. The molecule has 0 heterocycles. The summed E-state index contributed by atoms with van der Waals surface area (Å²) in [4.78, 5) is 12.0. The normalized spacial score (nSPS) is 9.90. The standard InChI is InChI=1S/C17H18N2O2/c1-2-10-21-16-5-3-4-15(12-16)19-17(20)11-13-6-8-14(18)9-7-13/h2-9,12H,1,10-11,18H2,(H,19,20). The molecule has 0 radical (unpaired) electrons. The van der Waals surface area contributed by atoms with Crippen molar-refractivity contribution in [2.75, 3.05) is 17.7 Å². The Balaban J connectivity index is 1.95. The van der Waals surface area contributed by atoms with Crippen molar-refractivity contribution in [3.63, 3.8) is 0 Å². The van der Waals surface area contributed by atoms with Gasteiger partial charge in [-0.1, -0.05) is 30.9 Å². The number of nitrogens with two attached hydrogens (primary N) is 1. The van der Waals surface area contributed by atoms with E-state index in [1.165, 1.54) is 0 Å². The number of amides is 1. The molecule has 0 aliphatic heterocycles. The Kier molecular flexibility index (Phi) is 4.99. The number of nitrogen functional groups attached to an aromatic ring is 1. The van der Waals surface area contributed by atoms with Crippen LogP contribution in [0.1, 0.15) is 5.56 Å². The zero-order valence-electron chi connectivity index (χ0n) is 11.7. The number of ether oxygens (including phenoxy) is 1. The van der Waals surface area contributed by atoms with Crippen molar-refractivity contribution in [1.29, 1.82) is 0 Å². The number of nitrogens with one attached hydrogen (secondary N) is 1. The van der Waals surface area contributed by atoms with Crippen molar-refractivity contribution in [3.05, 3.63) is 66.7 Å². The Morgan fingerprint density at radius 3 is 2.71 bits per heavy atom. The molecule has 1 amide bonds. The third-order valence-electron chi connectivity index (χ3n) is 2.83. The van der Waals surface area contributed by atoms with Gasteiger partial charge in [-0.25, -0.2) is 0 Å². The van der Waals surface area contributed by atoms with E-state index in [1.54, 1.807) is 24.3 Å². The van der Waals surface area contributed by atoms with E-state index in [2.05, 4.69) is 11.9 Å². The van der Waals surface area contributed by atoms with Gasteiger partial charge in [-0.2, -0.15) is 0 Å². The summed E-state index contributed by atoms with van der Waals surface area (Å²) in [5, 5.41) is 2.85. The van der Waals surface area contributed by atoms with Gasteiger partial charge in [0.2, 0.25) is 5.91 Å². The highest BCUT2D eigenvalue weighted by Crippen LogP contribution is 2.17. The molecule has 0 spiro atoms. The van der Waals surface area contributed by atoms with Gasteiger partial charge in [0, 0.05) is 17.4 Å². The maximum Gasteiger partial charge on any atom is 0.228 e. The van der Waals surface area contributed by atoms with E-state index in [-0.39, 0.29) is 5.91 Å². The molecular formula is C17H18N2O2. The molecule has 0 aliphatic carbocycles. The van der Waals surface area contributed by atoms with Crippen LogP contribution in [0.5, 0.6) is 5.75 Å². The monoisotopic (exact) mass is 282 g/mol. The maximum absolute atomic E-state index is 12.0. The predicted octanol–water partition coefficient (Wildman–Crippen LogP) is 3.01. The Bertz CT molecular complexity index is 621. The Morgan fingerprint density at radius 2 is 2.00 bits per heavy atom. The molecule has 0 atom stereocenters. The molecule has 3 N–H and O–H groups in total. The molecule has 0 saturated carbocycles. The molecule has 0 aliphatic rings. The van der Waals surface area contributed by atoms with Gasteiger partial charge in [0.25, 0.3) is 0 Å². The van der Waals surface area contributed by atoms with E-state index in [4.69, 9.17) is 10.5 Å². The van der Waals surface area contributed by atoms with Crippen LogP contribution >= 0.6 is 0 Å². The van der Waals surface area contributed by atoms with Gasteiger partial charge in [-0.15, -0.1) is 0 Å². The second kappa shape index (κ2) is 7.14. The van der Waals surface area contributed by atoms with E-state index in [0.717, 1.165) is 5.56 Å². The second-order valence-corrected chi connectivity index (χ2v) is 4.59. The molecule has 2 aromatic carbocycles. The molecule has 108 valence electrons. The number of hydrogen-bond acceptors (Lipinski definition) is 3. The molecular weight excluding hydrogens is 264 g/mol. The molecule has 4 heteroatoms. The summed E-state index contributed by atoms with van der Waals surface area (Å²) < 4.78 is 5.43. The van der Waals surface area contributed by atoms with E-state index in [9.17, 15) is 4.79 Å². The molecule has 0 bridgehead atoms. The van der Waals surface area contributed by atoms with Crippen LogP contribution in [0.15, 0.2) is 61.2 Å². The van der Waals surface area contributed by atoms with Crippen LogP contribution in [0.2, 0.25) is 0 Å². The van der Waals surface area contributed by atoms with Crippen molar-refractivity contribution in [1.82, 2.24) is 0 Å². The first-order valence-electron chi connectivity index (χ1n) is 6.65. The fraction of sp³-hybridized carbons (Fsp3) is 0.118. The van der Waals surface area contributed by atoms with Crippen LogP contribution in [-0.2, 0) is 11.2 Å². The van der Waals surface area contributed by atoms with Gasteiger partial charge in [0.15, 0.2) is 0 Å². The highest BCUT2D eigenvalue weighted by atomic mass is 16.5. The lowest BCUT2D eigenvalue weighted by molar-refractivity contribution is -0.115. The average molecular weight is 282 g/mol. The molecule has 0 unspecified atom stereocenters. The number of carbonyl (C=O) groups excluding carboxylic acids is 1. The SMILES string of the molecule is C=CCOc1cccc(NC(=O)Cc2ccc(N)cc2)c1.